The highest BCUT2D eigenvalue weighted by Crippen LogP contribution is 2.36. The molecular weight excluding hydrogens is 228 g/mol. The number of fused-ring (bicyclic) bond motifs is 1. The molecule has 0 saturated carbocycles. The first-order valence-electron chi connectivity index (χ1n) is 6.30. The van der Waals surface area contributed by atoms with E-state index >= 15 is 0 Å². The van der Waals surface area contributed by atoms with E-state index < -0.39 is 0 Å². The van der Waals surface area contributed by atoms with Gasteiger partial charge in [-0.25, -0.2) is 4.98 Å². The maximum absolute atomic E-state index is 5.72. The van der Waals surface area contributed by atoms with Crippen molar-refractivity contribution in [3.05, 3.63) is 24.0 Å². The number of aromatic nitrogens is 3. The SMILES string of the molecule is CCCc1nc(-c2cccc3c2OCCN3)n[nH]1. The molecule has 5 nitrogen and oxygen atoms in total. The first-order chi connectivity index (χ1) is 8.88. The van der Waals surface area contributed by atoms with Crippen molar-refractivity contribution in [2.45, 2.75) is 19.8 Å². The topological polar surface area (TPSA) is 62.8 Å². The zero-order valence-electron chi connectivity index (χ0n) is 10.4. The van der Waals surface area contributed by atoms with E-state index in [1.807, 2.05) is 18.2 Å². The lowest BCUT2D eigenvalue weighted by atomic mass is 10.1. The third-order valence-corrected chi connectivity index (χ3v) is 2.94. The molecule has 1 aliphatic heterocycles. The summed E-state index contributed by atoms with van der Waals surface area (Å²) in [5.41, 5.74) is 1.96. The van der Waals surface area contributed by atoms with Gasteiger partial charge in [0.2, 0.25) is 0 Å². The Morgan fingerprint density at radius 3 is 3.22 bits per heavy atom. The Balaban J connectivity index is 2.00. The number of benzene rings is 1. The maximum atomic E-state index is 5.72. The predicted molar refractivity (Wildman–Crippen MR) is 69.8 cm³/mol. The Morgan fingerprint density at radius 2 is 2.33 bits per heavy atom. The van der Waals surface area contributed by atoms with Crippen LogP contribution in [-0.4, -0.2) is 28.3 Å². The van der Waals surface area contributed by atoms with Gasteiger partial charge in [0.15, 0.2) is 11.6 Å². The molecule has 0 radical (unpaired) electrons. The lowest BCUT2D eigenvalue weighted by molar-refractivity contribution is 0.324. The first kappa shape index (κ1) is 11.1. The summed E-state index contributed by atoms with van der Waals surface area (Å²) in [6, 6.07) is 5.99. The maximum Gasteiger partial charge on any atom is 0.184 e. The van der Waals surface area contributed by atoms with Gasteiger partial charge in [-0.2, -0.15) is 5.10 Å². The molecule has 0 bridgehead atoms. The summed E-state index contributed by atoms with van der Waals surface area (Å²) in [6.45, 7) is 3.64. The first-order valence-corrected chi connectivity index (χ1v) is 6.30. The average Bonchev–Trinajstić information content (AvgIpc) is 2.87. The summed E-state index contributed by atoms with van der Waals surface area (Å²) in [7, 11) is 0. The zero-order chi connectivity index (χ0) is 12.4. The number of anilines is 1. The van der Waals surface area contributed by atoms with Gasteiger partial charge in [-0.1, -0.05) is 13.0 Å². The second kappa shape index (κ2) is 4.68. The normalized spacial score (nSPS) is 13.6. The van der Waals surface area contributed by atoms with Crippen LogP contribution in [0.2, 0.25) is 0 Å². The Morgan fingerprint density at radius 1 is 1.39 bits per heavy atom. The van der Waals surface area contributed by atoms with Gasteiger partial charge in [-0.15, -0.1) is 0 Å². The van der Waals surface area contributed by atoms with Crippen molar-refractivity contribution >= 4 is 5.69 Å². The van der Waals surface area contributed by atoms with Crippen LogP contribution in [0, 0.1) is 0 Å². The molecule has 0 fully saturated rings. The monoisotopic (exact) mass is 244 g/mol. The molecule has 5 heteroatoms. The van der Waals surface area contributed by atoms with Crippen LogP contribution in [-0.2, 0) is 6.42 Å². The molecule has 0 saturated heterocycles. The molecule has 1 aliphatic rings. The molecule has 3 rings (SSSR count). The zero-order valence-corrected chi connectivity index (χ0v) is 10.4. The summed E-state index contributed by atoms with van der Waals surface area (Å²) < 4.78 is 5.72. The van der Waals surface area contributed by atoms with Crippen LogP contribution in [0.4, 0.5) is 5.69 Å². The predicted octanol–water partition coefficient (Wildman–Crippen LogP) is 2.23. The van der Waals surface area contributed by atoms with Crippen molar-refractivity contribution in [3.8, 4) is 17.1 Å². The molecule has 94 valence electrons. The summed E-state index contributed by atoms with van der Waals surface area (Å²) in [5.74, 6) is 2.48. The smallest absolute Gasteiger partial charge is 0.184 e. The highest BCUT2D eigenvalue weighted by molar-refractivity contribution is 5.75. The van der Waals surface area contributed by atoms with Gasteiger partial charge in [-0.3, -0.25) is 5.10 Å². The molecule has 2 heterocycles. The minimum absolute atomic E-state index is 0.677. The van der Waals surface area contributed by atoms with Gasteiger partial charge < -0.3 is 10.1 Å². The van der Waals surface area contributed by atoms with Gasteiger partial charge in [-0.05, 0) is 18.6 Å². The average molecular weight is 244 g/mol. The van der Waals surface area contributed by atoms with E-state index in [1.54, 1.807) is 0 Å². The molecule has 18 heavy (non-hydrogen) atoms. The Labute approximate surface area is 106 Å². The van der Waals surface area contributed by atoms with Crippen molar-refractivity contribution in [1.29, 1.82) is 0 Å². The molecule has 0 amide bonds. The van der Waals surface area contributed by atoms with Gasteiger partial charge in [0.1, 0.15) is 12.4 Å². The molecule has 0 atom stereocenters. The third-order valence-electron chi connectivity index (χ3n) is 2.94. The number of ether oxygens (including phenoxy) is 1. The molecule has 0 aliphatic carbocycles. The minimum Gasteiger partial charge on any atom is -0.489 e. The highest BCUT2D eigenvalue weighted by Gasteiger charge is 2.17. The fraction of sp³-hybridized carbons (Fsp3) is 0.385. The van der Waals surface area contributed by atoms with E-state index in [-0.39, 0.29) is 0 Å². The summed E-state index contributed by atoms with van der Waals surface area (Å²) in [6.07, 6.45) is 1.97. The van der Waals surface area contributed by atoms with Gasteiger partial charge in [0, 0.05) is 13.0 Å². The van der Waals surface area contributed by atoms with Crippen molar-refractivity contribution in [2.24, 2.45) is 0 Å². The van der Waals surface area contributed by atoms with E-state index in [9.17, 15) is 0 Å². The van der Waals surface area contributed by atoms with Crippen LogP contribution in [0.5, 0.6) is 5.75 Å². The minimum atomic E-state index is 0.677. The van der Waals surface area contributed by atoms with Crippen LogP contribution < -0.4 is 10.1 Å². The van der Waals surface area contributed by atoms with E-state index in [0.717, 1.165) is 42.2 Å². The number of hydrogen-bond donors (Lipinski definition) is 2. The Hall–Kier alpha value is -2.04. The number of aryl methyl sites for hydroxylation is 1. The van der Waals surface area contributed by atoms with E-state index in [4.69, 9.17) is 4.74 Å². The van der Waals surface area contributed by atoms with Crippen LogP contribution >= 0.6 is 0 Å². The van der Waals surface area contributed by atoms with Crippen LogP contribution in [0.3, 0.4) is 0 Å². The Bertz CT molecular complexity index is 550. The number of rotatable bonds is 3. The van der Waals surface area contributed by atoms with Gasteiger partial charge in [0.05, 0.1) is 11.3 Å². The van der Waals surface area contributed by atoms with Crippen molar-refractivity contribution in [3.63, 3.8) is 0 Å². The van der Waals surface area contributed by atoms with Crippen LogP contribution in [0.25, 0.3) is 11.4 Å². The molecular formula is C13H16N4O. The summed E-state index contributed by atoms with van der Waals surface area (Å²) in [4.78, 5) is 4.50. The number of para-hydroxylation sites is 1. The summed E-state index contributed by atoms with van der Waals surface area (Å²) in [5, 5.41) is 10.6. The fourth-order valence-electron chi connectivity index (χ4n) is 2.11. The molecule has 0 spiro atoms. The Kier molecular flexibility index (Phi) is 2.88. The van der Waals surface area contributed by atoms with Gasteiger partial charge >= 0.3 is 0 Å². The molecule has 1 aromatic heterocycles. The largest absolute Gasteiger partial charge is 0.489 e. The van der Waals surface area contributed by atoms with Crippen molar-refractivity contribution < 1.29 is 4.74 Å². The number of aromatic amines is 1. The second-order valence-electron chi connectivity index (χ2n) is 4.31. The molecule has 1 aromatic carbocycles. The van der Waals surface area contributed by atoms with Gasteiger partial charge in [0.25, 0.3) is 0 Å². The number of nitrogens with one attached hydrogen (secondary N) is 2. The van der Waals surface area contributed by atoms with E-state index in [2.05, 4.69) is 27.4 Å². The lowest BCUT2D eigenvalue weighted by Crippen LogP contribution is -2.18. The van der Waals surface area contributed by atoms with Crippen LogP contribution in [0.15, 0.2) is 18.2 Å². The molecule has 0 unspecified atom stereocenters. The fourth-order valence-corrected chi connectivity index (χ4v) is 2.11. The third kappa shape index (κ3) is 1.92. The highest BCUT2D eigenvalue weighted by atomic mass is 16.5. The second-order valence-corrected chi connectivity index (χ2v) is 4.31. The number of hydrogen-bond acceptors (Lipinski definition) is 4. The van der Waals surface area contributed by atoms with E-state index in [1.165, 1.54) is 0 Å². The number of nitrogens with zero attached hydrogens (tertiary/aromatic N) is 2. The molecule has 2 N–H and O–H groups in total. The molecule has 2 aromatic rings. The standard InChI is InChI=1S/C13H16N4O/c1-2-4-11-15-13(17-16-11)9-5-3-6-10-12(9)18-8-7-14-10/h3,5-6,14H,2,4,7-8H2,1H3,(H,15,16,17). The number of H-pyrrole nitrogens is 1. The quantitative estimate of drug-likeness (QED) is 0.869. The lowest BCUT2D eigenvalue weighted by Gasteiger charge is -2.20. The van der Waals surface area contributed by atoms with Crippen LogP contribution in [0.1, 0.15) is 19.2 Å². The van der Waals surface area contributed by atoms with Crippen molar-refractivity contribution in [1.82, 2.24) is 15.2 Å². The van der Waals surface area contributed by atoms with Crippen molar-refractivity contribution in [2.75, 3.05) is 18.5 Å². The van der Waals surface area contributed by atoms with E-state index in [0.29, 0.717) is 12.4 Å². The summed E-state index contributed by atoms with van der Waals surface area (Å²) >= 11 is 0.